The molecule has 20 heavy (non-hydrogen) atoms. The van der Waals surface area contributed by atoms with Crippen molar-refractivity contribution >= 4 is 5.78 Å². The van der Waals surface area contributed by atoms with Crippen LogP contribution in [-0.2, 0) is 13.0 Å². The van der Waals surface area contributed by atoms with Crippen molar-refractivity contribution < 1.29 is 9.53 Å². The highest BCUT2D eigenvalue weighted by atomic mass is 16.5. The van der Waals surface area contributed by atoms with Gasteiger partial charge < -0.3 is 10.1 Å². The van der Waals surface area contributed by atoms with Gasteiger partial charge in [0.1, 0.15) is 5.75 Å². The average molecular weight is 267 g/mol. The number of carbonyl (C=O) groups excluding carboxylic acids is 1. The van der Waals surface area contributed by atoms with Crippen LogP contribution >= 0.6 is 0 Å². The Balaban J connectivity index is 2.07. The zero-order valence-corrected chi connectivity index (χ0v) is 11.5. The molecule has 0 saturated heterocycles. The van der Waals surface area contributed by atoms with Gasteiger partial charge in [-0.2, -0.15) is 0 Å². The van der Waals surface area contributed by atoms with E-state index in [1.807, 2.05) is 36.4 Å². The number of carbonyl (C=O) groups is 1. The van der Waals surface area contributed by atoms with Gasteiger partial charge in [0.25, 0.3) is 0 Å². The molecule has 1 N–H and O–H groups in total. The number of rotatable bonds is 3. The highest BCUT2D eigenvalue weighted by molar-refractivity contribution is 6.11. The first-order valence-electron chi connectivity index (χ1n) is 6.80. The molecular weight excluding hydrogens is 250 g/mol. The van der Waals surface area contributed by atoms with Gasteiger partial charge in [-0.05, 0) is 36.2 Å². The predicted molar refractivity (Wildman–Crippen MR) is 78.3 cm³/mol. The Hall–Kier alpha value is -2.13. The number of methoxy groups -OCH3 is 1. The van der Waals surface area contributed by atoms with Crippen LogP contribution in [0, 0.1) is 0 Å². The van der Waals surface area contributed by atoms with Gasteiger partial charge in [0, 0.05) is 12.1 Å². The van der Waals surface area contributed by atoms with Crippen molar-refractivity contribution in [3.8, 4) is 5.75 Å². The van der Waals surface area contributed by atoms with E-state index in [4.69, 9.17) is 4.74 Å². The standard InChI is InChI=1S/C17H17NO2/c1-20-16-8-3-2-6-15(16)17(19)14-7-4-5-12-11-18-10-9-13(12)14/h2-8,18H,9-11H2,1H3. The molecule has 1 aliphatic rings. The molecule has 0 bridgehead atoms. The minimum absolute atomic E-state index is 0.0428. The third kappa shape index (κ3) is 2.21. The first-order valence-corrected chi connectivity index (χ1v) is 6.80. The average Bonchev–Trinajstić information content (AvgIpc) is 2.53. The molecule has 2 aromatic rings. The maximum atomic E-state index is 12.8. The summed E-state index contributed by atoms with van der Waals surface area (Å²) in [4.78, 5) is 12.8. The third-order valence-electron chi connectivity index (χ3n) is 3.74. The summed E-state index contributed by atoms with van der Waals surface area (Å²) in [5, 5.41) is 3.33. The van der Waals surface area contributed by atoms with E-state index in [0.29, 0.717) is 11.3 Å². The fraction of sp³-hybridized carbons (Fsp3) is 0.235. The van der Waals surface area contributed by atoms with Crippen LogP contribution in [0.2, 0.25) is 0 Å². The minimum Gasteiger partial charge on any atom is -0.496 e. The summed E-state index contributed by atoms with van der Waals surface area (Å²) in [5.74, 6) is 0.672. The van der Waals surface area contributed by atoms with Crippen LogP contribution in [0.5, 0.6) is 5.75 Å². The van der Waals surface area contributed by atoms with E-state index in [-0.39, 0.29) is 5.78 Å². The Bertz CT molecular complexity index is 649. The molecule has 1 aliphatic heterocycles. The van der Waals surface area contributed by atoms with Crippen molar-refractivity contribution in [2.75, 3.05) is 13.7 Å². The van der Waals surface area contributed by atoms with Crippen LogP contribution in [0.4, 0.5) is 0 Å². The predicted octanol–water partition coefficient (Wildman–Crippen LogP) is 2.57. The summed E-state index contributed by atoms with van der Waals surface area (Å²) in [6, 6.07) is 13.3. The molecule has 0 unspecified atom stereocenters. The second kappa shape index (κ2) is 5.47. The Morgan fingerprint density at radius 3 is 2.75 bits per heavy atom. The van der Waals surface area contributed by atoms with Crippen LogP contribution in [0.3, 0.4) is 0 Å². The molecule has 0 spiro atoms. The molecule has 0 fully saturated rings. The lowest BCUT2D eigenvalue weighted by Gasteiger charge is -2.20. The van der Waals surface area contributed by atoms with E-state index in [1.54, 1.807) is 7.11 Å². The summed E-state index contributed by atoms with van der Waals surface area (Å²) in [5.41, 5.74) is 3.81. The van der Waals surface area contributed by atoms with Crippen molar-refractivity contribution in [3.05, 3.63) is 64.7 Å². The lowest BCUT2D eigenvalue weighted by atomic mass is 9.91. The van der Waals surface area contributed by atoms with Gasteiger partial charge in [-0.25, -0.2) is 0 Å². The number of ketones is 1. The normalized spacial score (nSPS) is 13.7. The molecule has 0 atom stereocenters. The molecular formula is C17H17NO2. The van der Waals surface area contributed by atoms with E-state index in [9.17, 15) is 4.79 Å². The van der Waals surface area contributed by atoms with E-state index in [2.05, 4.69) is 11.4 Å². The molecule has 0 saturated carbocycles. The van der Waals surface area contributed by atoms with Crippen LogP contribution < -0.4 is 10.1 Å². The van der Waals surface area contributed by atoms with Gasteiger partial charge in [0.05, 0.1) is 12.7 Å². The van der Waals surface area contributed by atoms with Gasteiger partial charge in [-0.3, -0.25) is 4.79 Å². The lowest BCUT2D eigenvalue weighted by Crippen LogP contribution is -2.25. The van der Waals surface area contributed by atoms with Crippen molar-refractivity contribution in [2.24, 2.45) is 0 Å². The van der Waals surface area contributed by atoms with Crippen LogP contribution in [0.15, 0.2) is 42.5 Å². The second-order valence-electron chi connectivity index (χ2n) is 4.90. The van der Waals surface area contributed by atoms with E-state index in [1.165, 1.54) is 11.1 Å². The zero-order chi connectivity index (χ0) is 13.9. The lowest BCUT2D eigenvalue weighted by molar-refractivity contribution is 0.103. The Labute approximate surface area is 118 Å². The Kier molecular flexibility index (Phi) is 3.52. The van der Waals surface area contributed by atoms with Crippen molar-refractivity contribution in [1.82, 2.24) is 5.32 Å². The van der Waals surface area contributed by atoms with Gasteiger partial charge in [0.15, 0.2) is 5.78 Å². The van der Waals surface area contributed by atoms with Crippen molar-refractivity contribution in [2.45, 2.75) is 13.0 Å². The van der Waals surface area contributed by atoms with Gasteiger partial charge in [0.2, 0.25) is 0 Å². The summed E-state index contributed by atoms with van der Waals surface area (Å²) in [6.45, 7) is 1.76. The molecule has 0 amide bonds. The minimum atomic E-state index is 0.0428. The SMILES string of the molecule is COc1ccccc1C(=O)c1cccc2c1CCNC2. The second-order valence-corrected chi connectivity index (χ2v) is 4.90. The number of fused-ring (bicyclic) bond motifs is 1. The molecule has 3 heteroatoms. The van der Waals surface area contributed by atoms with Crippen LogP contribution in [-0.4, -0.2) is 19.4 Å². The van der Waals surface area contributed by atoms with Crippen LogP contribution in [0.1, 0.15) is 27.0 Å². The molecule has 0 aliphatic carbocycles. The molecule has 102 valence electrons. The smallest absolute Gasteiger partial charge is 0.197 e. The topological polar surface area (TPSA) is 38.3 Å². The van der Waals surface area contributed by atoms with Gasteiger partial charge >= 0.3 is 0 Å². The first kappa shape index (κ1) is 12.9. The fourth-order valence-corrected chi connectivity index (χ4v) is 2.72. The maximum absolute atomic E-state index is 12.8. The molecule has 3 nitrogen and oxygen atoms in total. The molecule has 1 heterocycles. The van der Waals surface area contributed by atoms with Gasteiger partial charge in [-0.15, -0.1) is 0 Å². The number of hydrogen-bond acceptors (Lipinski definition) is 3. The highest BCUT2D eigenvalue weighted by Gasteiger charge is 2.20. The molecule has 0 radical (unpaired) electrons. The molecule has 2 aromatic carbocycles. The van der Waals surface area contributed by atoms with Crippen molar-refractivity contribution in [3.63, 3.8) is 0 Å². The monoisotopic (exact) mass is 267 g/mol. The van der Waals surface area contributed by atoms with Gasteiger partial charge in [-0.1, -0.05) is 30.3 Å². The Morgan fingerprint density at radius 1 is 1.10 bits per heavy atom. The van der Waals surface area contributed by atoms with E-state index < -0.39 is 0 Å². The summed E-state index contributed by atoms with van der Waals surface area (Å²) in [6.07, 6.45) is 0.895. The fourth-order valence-electron chi connectivity index (χ4n) is 2.72. The van der Waals surface area contributed by atoms with Crippen LogP contribution in [0.25, 0.3) is 0 Å². The maximum Gasteiger partial charge on any atom is 0.197 e. The van der Waals surface area contributed by atoms with E-state index >= 15 is 0 Å². The van der Waals surface area contributed by atoms with E-state index in [0.717, 1.165) is 25.1 Å². The third-order valence-corrected chi connectivity index (χ3v) is 3.74. The summed E-state index contributed by atoms with van der Waals surface area (Å²) >= 11 is 0. The largest absolute Gasteiger partial charge is 0.496 e. The zero-order valence-electron chi connectivity index (χ0n) is 11.5. The number of benzene rings is 2. The highest BCUT2D eigenvalue weighted by Crippen LogP contribution is 2.25. The van der Waals surface area contributed by atoms with Crippen molar-refractivity contribution in [1.29, 1.82) is 0 Å². The number of hydrogen-bond donors (Lipinski definition) is 1. The number of para-hydroxylation sites is 1. The summed E-state index contributed by atoms with van der Waals surface area (Å²) in [7, 11) is 1.59. The quantitative estimate of drug-likeness (QED) is 0.869. The number of ether oxygens (including phenoxy) is 1. The molecule has 3 rings (SSSR count). The molecule has 0 aromatic heterocycles. The Morgan fingerprint density at radius 2 is 1.90 bits per heavy atom. The number of nitrogens with one attached hydrogen (secondary N) is 1. The summed E-state index contributed by atoms with van der Waals surface area (Å²) < 4.78 is 5.30. The first-order chi connectivity index (χ1) is 9.81.